The molecule has 6 heteroatoms. The van der Waals surface area contributed by atoms with E-state index in [9.17, 15) is 4.79 Å². The van der Waals surface area contributed by atoms with Crippen LogP contribution < -0.4 is 0 Å². The zero-order chi connectivity index (χ0) is 16.2. The van der Waals surface area contributed by atoms with E-state index in [1.165, 1.54) is 0 Å². The smallest absolute Gasteiger partial charge is 0.246 e. The molecule has 2 heterocycles. The van der Waals surface area contributed by atoms with Crippen LogP contribution in [-0.2, 0) is 4.79 Å². The van der Waals surface area contributed by atoms with Gasteiger partial charge in [-0.05, 0) is 37.5 Å². The highest BCUT2D eigenvalue weighted by molar-refractivity contribution is 9.10. The van der Waals surface area contributed by atoms with Crippen LogP contribution in [0, 0.1) is 6.92 Å². The van der Waals surface area contributed by atoms with Gasteiger partial charge >= 0.3 is 0 Å². The van der Waals surface area contributed by atoms with Gasteiger partial charge in [0.1, 0.15) is 0 Å². The number of hydrogen-bond acceptors (Lipinski definition) is 4. The fourth-order valence-electron chi connectivity index (χ4n) is 2.70. The lowest BCUT2D eigenvalue weighted by Gasteiger charge is -2.29. The van der Waals surface area contributed by atoms with Gasteiger partial charge in [-0.3, -0.25) is 4.79 Å². The van der Waals surface area contributed by atoms with Gasteiger partial charge in [0.05, 0.1) is 0 Å². The van der Waals surface area contributed by atoms with Gasteiger partial charge in [-0.2, -0.15) is 4.98 Å². The average Bonchev–Trinajstić information content (AvgIpc) is 3.00. The summed E-state index contributed by atoms with van der Waals surface area (Å²) < 4.78 is 6.22. The molecule has 5 nitrogen and oxygen atoms in total. The molecule has 0 saturated carbocycles. The summed E-state index contributed by atoms with van der Waals surface area (Å²) in [5, 5.41) is 3.83. The summed E-state index contributed by atoms with van der Waals surface area (Å²) in [5.41, 5.74) is 0.997. The number of aromatic nitrogens is 2. The van der Waals surface area contributed by atoms with Crippen LogP contribution in [0.5, 0.6) is 0 Å². The van der Waals surface area contributed by atoms with Crippen molar-refractivity contribution in [2.75, 3.05) is 13.1 Å². The minimum Gasteiger partial charge on any atom is -0.339 e. The molecule has 23 heavy (non-hydrogen) atoms. The Morgan fingerprint density at radius 2 is 2.09 bits per heavy atom. The van der Waals surface area contributed by atoms with Crippen LogP contribution in [-0.4, -0.2) is 34.0 Å². The van der Waals surface area contributed by atoms with E-state index in [4.69, 9.17) is 4.52 Å². The normalized spacial score (nSPS) is 16.2. The molecule has 2 aromatic rings. The van der Waals surface area contributed by atoms with Crippen molar-refractivity contribution in [2.24, 2.45) is 0 Å². The van der Waals surface area contributed by atoms with Gasteiger partial charge in [-0.15, -0.1) is 0 Å². The first kappa shape index (κ1) is 15.9. The van der Waals surface area contributed by atoms with Crippen molar-refractivity contribution in [1.82, 2.24) is 15.0 Å². The van der Waals surface area contributed by atoms with Crippen molar-refractivity contribution in [1.29, 1.82) is 0 Å². The van der Waals surface area contributed by atoms with Crippen LogP contribution >= 0.6 is 15.9 Å². The van der Waals surface area contributed by atoms with Crippen molar-refractivity contribution < 1.29 is 9.32 Å². The van der Waals surface area contributed by atoms with Crippen LogP contribution in [0.15, 0.2) is 39.3 Å². The van der Waals surface area contributed by atoms with E-state index in [1.54, 1.807) is 6.08 Å². The maximum absolute atomic E-state index is 12.3. The summed E-state index contributed by atoms with van der Waals surface area (Å²) in [7, 11) is 0. The van der Waals surface area contributed by atoms with Gasteiger partial charge in [-0.1, -0.05) is 39.3 Å². The summed E-state index contributed by atoms with van der Waals surface area (Å²) in [6.07, 6.45) is 5.20. The molecule has 0 N–H and O–H groups in total. The fraction of sp³-hybridized carbons (Fsp3) is 0.353. The van der Waals surface area contributed by atoms with Crippen LogP contribution in [0.3, 0.4) is 0 Å². The van der Waals surface area contributed by atoms with E-state index in [2.05, 4.69) is 26.1 Å². The summed E-state index contributed by atoms with van der Waals surface area (Å²) in [6.45, 7) is 3.24. The SMILES string of the molecule is Cc1noc(C2CCN(C(=O)/C=C/c3ccccc3Br)CC2)n1. The first-order valence-corrected chi connectivity index (χ1v) is 8.44. The number of halogens is 1. The summed E-state index contributed by atoms with van der Waals surface area (Å²) in [6, 6.07) is 7.83. The highest BCUT2D eigenvalue weighted by Crippen LogP contribution is 2.27. The predicted octanol–water partition coefficient (Wildman–Crippen LogP) is 3.56. The largest absolute Gasteiger partial charge is 0.339 e. The van der Waals surface area contributed by atoms with Crippen LogP contribution in [0.25, 0.3) is 6.08 Å². The molecule has 3 rings (SSSR count). The monoisotopic (exact) mass is 375 g/mol. The second kappa shape index (κ2) is 7.08. The standard InChI is InChI=1S/C17H18BrN3O2/c1-12-19-17(23-20-12)14-8-10-21(11-9-14)16(22)7-6-13-4-2-3-5-15(13)18/h2-7,14H,8-11H2,1H3/b7-6+. The molecule has 0 bridgehead atoms. The molecule has 1 saturated heterocycles. The molecule has 120 valence electrons. The Hall–Kier alpha value is -1.95. The average molecular weight is 376 g/mol. The minimum atomic E-state index is 0.0425. The molecular formula is C17H18BrN3O2. The first-order valence-electron chi connectivity index (χ1n) is 7.65. The molecule has 0 spiro atoms. The zero-order valence-electron chi connectivity index (χ0n) is 12.9. The van der Waals surface area contributed by atoms with E-state index in [1.807, 2.05) is 42.2 Å². The number of amides is 1. The molecule has 1 aromatic heterocycles. The maximum Gasteiger partial charge on any atom is 0.246 e. The quantitative estimate of drug-likeness (QED) is 0.769. The van der Waals surface area contributed by atoms with E-state index in [0.717, 1.165) is 22.9 Å². The molecule has 0 aliphatic carbocycles. The minimum absolute atomic E-state index is 0.0425. The Labute approximate surface area is 143 Å². The van der Waals surface area contributed by atoms with E-state index in [0.29, 0.717) is 24.8 Å². The third-order valence-electron chi connectivity index (χ3n) is 4.01. The van der Waals surface area contributed by atoms with E-state index < -0.39 is 0 Å². The lowest BCUT2D eigenvalue weighted by atomic mass is 9.96. The molecule has 0 atom stereocenters. The van der Waals surface area contributed by atoms with Gasteiger partial charge in [0.15, 0.2) is 5.82 Å². The zero-order valence-corrected chi connectivity index (χ0v) is 14.5. The first-order chi connectivity index (χ1) is 11.1. The number of piperidine rings is 1. The van der Waals surface area contributed by atoms with Gasteiger partial charge in [0, 0.05) is 29.6 Å². The second-order valence-corrected chi connectivity index (χ2v) is 6.49. The Bertz CT molecular complexity index is 718. The van der Waals surface area contributed by atoms with Gasteiger partial charge in [-0.25, -0.2) is 0 Å². The molecule has 1 aliphatic heterocycles. The Morgan fingerprint density at radius 3 is 2.74 bits per heavy atom. The third-order valence-corrected chi connectivity index (χ3v) is 4.73. The molecule has 0 radical (unpaired) electrons. The lowest BCUT2D eigenvalue weighted by molar-refractivity contribution is -0.127. The van der Waals surface area contributed by atoms with Crippen molar-refractivity contribution in [2.45, 2.75) is 25.7 Å². The number of rotatable bonds is 3. The molecule has 0 unspecified atom stereocenters. The Balaban J connectivity index is 1.57. The van der Waals surface area contributed by atoms with E-state index in [-0.39, 0.29) is 11.8 Å². The molecule has 1 fully saturated rings. The number of likely N-dealkylation sites (tertiary alicyclic amines) is 1. The fourth-order valence-corrected chi connectivity index (χ4v) is 3.12. The number of aryl methyl sites for hydroxylation is 1. The lowest BCUT2D eigenvalue weighted by Crippen LogP contribution is -2.36. The van der Waals surface area contributed by atoms with Crippen LogP contribution in [0.4, 0.5) is 0 Å². The van der Waals surface area contributed by atoms with Gasteiger partial charge in [0.2, 0.25) is 11.8 Å². The number of carbonyl (C=O) groups excluding carboxylic acids is 1. The highest BCUT2D eigenvalue weighted by atomic mass is 79.9. The summed E-state index contributed by atoms with van der Waals surface area (Å²) >= 11 is 3.48. The molecule has 1 aromatic carbocycles. The molecule has 1 aliphatic rings. The van der Waals surface area contributed by atoms with Crippen LogP contribution in [0.2, 0.25) is 0 Å². The predicted molar refractivity (Wildman–Crippen MR) is 90.8 cm³/mol. The van der Waals surface area contributed by atoms with Crippen molar-refractivity contribution in [3.8, 4) is 0 Å². The maximum atomic E-state index is 12.3. The number of benzene rings is 1. The molecular weight excluding hydrogens is 358 g/mol. The summed E-state index contributed by atoms with van der Waals surface area (Å²) in [4.78, 5) is 18.5. The van der Waals surface area contributed by atoms with Crippen molar-refractivity contribution >= 4 is 27.9 Å². The Morgan fingerprint density at radius 1 is 1.35 bits per heavy atom. The van der Waals surface area contributed by atoms with Crippen LogP contribution in [0.1, 0.15) is 36.0 Å². The van der Waals surface area contributed by atoms with Crippen molar-refractivity contribution in [3.63, 3.8) is 0 Å². The number of hydrogen-bond donors (Lipinski definition) is 0. The topological polar surface area (TPSA) is 59.2 Å². The van der Waals surface area contributed by atoms with Gasteiger partial charge in [0.25, 0.3) is 0 Å². The van der Waals surface area contributed by atoms with Crippen molar-refractivity contribution in [3.05, 3.63) is 52.1 Å². The number of carbonyl (C=O) groups is 1. The van der Waals surface area contributed by atoms with E-state index >= 15 is 0 Å². The Kier molecular flexibility index (Phi) is 4.91. The number of nitrogens with zero attached hydrogens (tertiary/aromatic N) is 3. The van der Waals surface area contributed by atoms with Gasteiger partial charge < -0.3 is 9.42 Å². The third kappa shape index (κ3) is 3.88. The molecule has 1 amide bonds. The second-order valence-electron chi connectivity index (χ2n) is 5.63. The summed E-state index contributed by atoms with van der Waals surface area (Å²) in [5.74, 6) is 1.65. The highest BCUT2D eigenvalue weighted by Gasteiger charge is 2.26.